The number of aliphatic hydroxyl groups excluding tert-OH is 1. The lowest BCUT2D eigenvalue weighted by Gasteiger charge is -2.32. The Balaban J connectivity index is 2.10. The van der Waals surface area contributed by atoms with E-state index < -0.39 is 0 Å². The molecule has 1 aliphatic rings. The Labute approximate surface area is 111 Å². The van der Waals surface area contributed by atoms with E-state index in [0.717, 1.165) is 31.5 Å². The molecule has 3 unspecified atom stereocenters. The van der Waals surface area contributed by atoms with Crippen LogP contribution in [0.25, 0.3) is 0 Å². The fourth-order valence-electron chi connectivity index (χ4n) is 2.94. The highest BCUT2D eigenvalue weighted by molar-refractivity contribution is 5.25. The van der Waals surface area contributed by atoms with Crippen molar-refractivity contribution in [2.45, 2.75) is 26.2 Å². The fourth-order valence-corrected chi connectivity index (χ4v) is 2.94. The molecule has 1 aromatic carbocycles. The monoisotopic (exact) mass is 247 g/mol. The van der Waals surface area contributed by atoms with Crippen molar-refractivity contribution in [3.63, 3.8) is 0 Å². The molecule has 2 rings (SSSR count). The lowest BCUT2D eigenvalue weighted by Crippen LogP contribution is -2.40. The maximum absolute atomic E-state index is 9.80. The van der Waals surface area contributed by atoms with E-state index in [-0.39, 0.29) is 12.0 Å². The van der Waals surface area contributed by atoms with Crippen LogP contribution in [0.3, 0.4) is 0 Å². The predicted octanol–water partition coefficient (Wildman–Crippen LogP) is 2.52. The van der Waals surface area contributed by atoms with Gasteiger partial charge >= 0.3 is 0 Å². The normalized spacial score (nSPS) is 28.2. The molecule has 0 aromatic heterocycles. The summed E-state index contributed by atoms with van der Waals surface area (Å²) < 4.78 is 0. The minimum atomic E-state index is -0.148. The SMILES string of the molecule is CC1CN(CC(C)(CO)c2ccccc2)CC1C. The van der Waals surface area contributed by atoms with Crippen LogP contribution >= 0.6 is 0 Å². The van der Waals surface area contributed by atoms with Crippen molar-refractivity contribution in [2.24, 2.45) is 11.8 Å². The van der Waals surface area contributed by atoms with Gasteiger partial charge in [-0.05, 0) is 17.4 Å². The highest BCUT2D eigenvalue weighted by atomic mass is 16.3. The number of nitrogens with zero attached hydrogens (tertiary/aromatic N) is 1. The molecule has 2 heteroatoms. The Bertz CT molecular complexity index is 368. The van der Waals surface area contributed by atoms with Gasteiger partial charge in [0, 0.05) is 25.0 Å². The molecule has 1 aliphatic heterocycles. The molecule has 3 atom stereocenters. The summed E-state index contributed by atoms with van der Waals surface area (Å²) >= 11 is 0. The third kappa shape index (κ3) is 2.76. The molecule has 1 aromatic rings. The number of hydrogen-bond acceptors (Lipinski definition) is 2. The summed E-state index contributed by atoms with van der Waals surface area (Å²) in [4.78, 5) is 2.50. The van der Waals surface area contributed by atoms with Gasteiger partial charge in [-0.15, -0.1) is 0 Å². The lowest BCUT2D eigenvalue weighted by atomic mass is 9.83. The molecule has 18 heavy (non-hydrogen) atoms. The van der Waals surface area contributed by atoms with Crippen molar-refractivity contribution < 1.29 is 5.11 Å². The molecule has 0 amide bonds. The Morgan fingerprint density at radius 1 is 1.17 bits per heavy atom. The second kappa shape index (κ2) is 5.41. The molecule has 100 valence electrons. The van der Waals surface area contributed by atoms with Crippen LogP contribution in [0.15, 0.2) is 30.3 Å². The Kier molecular flexibility index (Phi) is 4.08. The summed E-state index contributed by atoms with van der Waals surface area (Å²) in [7, 11) is 0. The van der Waals surface area contributed by atoms with Crippen LogP contribution < -0.4 is 0 Å². The highest BCUT2D eigenvalue weighted by Crippen LogP contribution is 2.29. The van der Waals surface area contributed by atoms with Gasteiger partial charge in [-0.3, -0.25) is 0 Å². The minimum Gasteiger partial charge on any atom is -0.395 e. The Morgan fingerprint density at radius 2 is 1.72 bits per heavy atom. The van der Waals surface area contributed by atoms with Crippen LogP contribution in [-0.4, -0.2) is 36.2 Å². The summed E-state index contributed by atoms with van der Waals surface area (Å²) in [5, 5.41) is 9.80. The molecule has 1 heterocycles. The van der Waals surface area contributed by atoms with Crippen molar-refractivity contribution in [2.75, 3.05) is 26.2 Å². The molecule has 1 saturated heterocycles. The molecule has 1 fully saturated rings. The second-order valence-corrected chi connectivity index (χ2v) is 6.23. The van der Waals surface area contributed by atoms with Crippen molar-refractivity contribution in [1.29, 1.82) is 0 Å². The van der Waals surface area contributed by atoms with Crippen LogP contribution in [0.4, 0.5) is 0 Å². The quantitative estimate of drug-likeness (QED) is 0.884. The van der Waals surface area contributed by atoms with Gasteiger partial charge in [0.2, 0.25) is 0 Å². The minimum absolute atomic E-state index is 0.148. The lowest BCUT2D eigenvalue weighted by molar-refractivity contribution is 0.155. The first kappa shape index (κ1) is 13.6. The number of benzene rings is 1. The van der Waals surface area contributed by atoms with Crippen molar-refractivity contribution in [1.82, 2.24) is 4.90 Å². The smallest absolute Gasteiger partial charge is 0.0537 e. The summed E-state index contributed by atoms with van der Waals surface area (Å²) in [6.07, 6.45) is 0. The topological polar surface area (TPSA) is 23.5 Å². The standard InChI is InChI=1S/C16H25NO/c1-13-9-17(10-14(13)2)11-16(3,12-18)15-7-5-4-6-8-15/h4-8,13-14,18H,9-12H2,1-3H3. The van der Waals surface area contributed by atoms with Gasteiger partial charge in [0.25, 0.3) is 0 Å². The maximum Gasteiger partial charge on any atom is 0.0537 e. The van der Waals surface area contributed by atoms with Crippen LogP contribution in [0, 0.1) is 11.8 Å². The van der Waals surface area contributed by atoms with E-state index in [9.17, 15) is 5.11 Å². The second-order valence-electron chi connectivity index (χ2n) is 6.23. The molecule has 2 nitrogen and oxygen atoms in total. The van der Waals surface area contributed by atoms with E-state index in [1.807, 2.05) is 6.07 Å². The molecule has 0 radical (unpaired) electrons. The van der Waals surface area contributed by atoms with Gasteiger partial charge < -0.3 is 10.0 Å². The Hall–Kier alpha value is -0.860. The molecule has 1 N–H and O–H groups in total. The average Bonchev–Trinajstić information content (AvgIpc) is 2.69. The zero-order valence-electron chi connectivity index (χ0n) is 11.8. The predicted molar refractivity (Wildman–Crippen MR) is 75.6 cm³/mol. The summed E-state index contributed by atoms with van der Waals surface area (Å²) in [5.74, 6) is 1.53. The number of aliphatic hydroxyl groups is 1. The van der Waals surface area contributed by atoms with E-state index in [1.54, 1.807) is 0 Å². The maximum atomic E-state index is 9.80. The van der Waals surface area contributed by atoms with Gasteiger partial charge in [-0.25, -0.2) is 0 Å². The molecule has 0 saturated carbocycles. The van der Waals surface area contributed by atoms with Gasteiger partial charge in [0.15, 0.2) is 0 Å². The first-order valence-electron chi connectivity index (χ1n) is 6.94. The summed E-state index contributed by atoms with van der Waals surface area (Å²) in [5.41, 5.74) is 1.09. The highest BCUT2D eigenvalue weighted by Gasteiger charge is 2.33. The zero-order chi connectivity index (χ0) is 13.2. The molecular weight excluding hydrogens is 222 g/mol. The van der Waals surface area contributed by atoms with Crippen molar-refractivity contribution >= 4 is 0 Å². The fraction of sp³-hybridized carbons (Fsp3) is 0.625. The van der Waals surface area contributed by atoms with E-state index in [2.05, 4.69) is 49.9 Å². The molecular formula is C16H25NO. The van der Waals surface area contributed by atoms with E-state index in [1.165, 1.54) is 5.56 Å². The van der Waals surface area contributed by atoms with E-state index >= 15 is 0 Å². The van der Waals surface area contributed by atoms with Crippen LogP contribution in [0.2, 0.25) is 0 Å². The summed E-state index contributed by atoms with van der Waals surface area (Å²) in [6.45, 7) is 10.3. The average molecular weight is 247 g/mol. The van der Waals surface area contributed by atoms with Crippen molar-refractivity contribution in [3.05, 3.63) is 35.9 Å². The summed E-state index contributed by atoms with van der Waals surface area (Å²) in [6, 6.07) is 10.4. The van der Waals surface area contributed by atoms with Gasteiger partial charge in [-0.1, -0.05) is 51.1 Å². The first-order chi connectivity index (χ1) is 8.55. The number of hydrogen-bond donors (Lipinski definition) is 1. The van der Waals surface area contributed by atoms with E-state index in [0.29, 0.717) is 0 Å². The van der Waals surface area contributed by atoms with Crippen LogP contribution in [0.5, 0.6) is 0 Å². The van der Waals surface area contributed by atoms with Gasteiger partial charge in [0.1, 0.15) is 0 Å². The third-order valence-electron chi connectivity index (χ3n) is 4.46. The molecule has 0 bridgehead atoms. The number of likely N-dealkylation sites (tertiary alicyclic amines) is 1. The third-order valence-corrected chi connectivity index (χ3v) is 4.46. The van der Waals surface area contributed by atoms with Gasteiger partial charge in [-0.2, -0.15) is 0 Å². The van der Waals surface area contributed by atoms with Crippen molar-refractivity contribution in [3.8, 4) is 0 Å². The van der Waals surface area contributed by atoms with Crippen LogP contribution in [-0.2, 0) is 5.41 Å². The number of rotatable bonds is 4. The largest absolute Gasteiger partial charge is 0.395 e. The van der Waals surface area contributed by atoms with Crippen LogP contribution in [0.1, 0.15) is 26.3 Å². The molecule has 0 aliphatic carbocycles. The first-order valence-corrected chi connectivity index (χ1v) is 6.94. The van der Waals surface area contributed by atoms with Gasteiger partial charge in [0.05, 0.1) is 6.61 Å². The zero-order valence-corrected chi connectivity index (χ0v) is 11.8. The Morgan fingerprint density at radius 3 is 2.22 bits per heavy atom. The molecule has 0 spiro atoms. The van der Waals surface area contributed by atoms with E-state index in [4.69, 9.17) is 0 Å².